The number of fused-ring (bicyclic) bond motifs is 1. The fourth-order valence-corrected chi connectivity index (χ4v) is 1.65. The van der Waals surface area contributed by atoms with E-state index in [-0.39, 0.29) is 5.75 Å². The first-order chi connectivity index (χ1) is 8.58. The number of benzene rings is 1. The highest BCUT2D eigenvalue weighted by Gasteiger charge is 2.12. The Hall–Kier alpha value is -2.01. The number of likely N-dealkylation sites (N-methyl/N-ethyl adjacent to an activating group) is 1. The number of ether oxygens (including phenoxy) is 1. The molecule has 96 valence electrons. The maximum absolute atomic E-state index is 11.8. The van der Waals surface area contributed by atoms with Crippen molar-refractivity contribution in [1.82, 2.24) is 9.88 Å². The quantitative estimate of drug-likeness (QED) is 0.806. The van der Waals surface area contributed by atoms with Crippen LogP contribution in [0.4, 0.5) is 0 Å². The van der Waals surface area contributed by atoms with Crippen molar-refractivity contribution in [2.24, 2.45) is 0 Å². The van der Waals surface area contributed by atoms with Crippen LogP contribution in [0.15, 0.2) is 24.3 Å². The minimum Gasteiger partial charge on any atom is -0.506 e. The molecule has 0 aliphatic heterocycles. The number of aromatic amines is 1. The van der Waals surface area contributed by atoms with Crippen LogP contribution < -0.4 is 0 Å². The molecule has 0 bridgehead atoms. The van der Waals surface area contributed by atoms with E-state index in [1.54, 1.807) is 18.2 Å². The number of carbonyl (C=O) groups excluding carboxylic acids is 1. The molecule has 0 amide bonds. The van der Waals surface area contributed by atoms with Gasteiger partial charge in [0.2, 0.25) is 0 Å². The largest absolute Gasteiger partial charge is 0.506 e. The van der Waals surface area contributed by atoms with Crippen molar-refractivity contribution in [2.45, 2.75) is 0 Å². The van der Waals surface area contributed by atoms with Crippen LogP contribution in [0, 0.1) is 0 Å². The van der Waals surface area contributed by atoms with E-state index in [1.165, 1.54) is 0 Å². The predicted octanol–water partition coefficient (Wildman–Crippen LogP) is 1.59. The lowest BCUT2D eigenvalue weighted by Gasteiger charge is -2.09. The number of para-hydroxylation sites is 1. The molecule has 0 fully saturated rings. The lowest BCUT2D eigenvalue weighted by atomic mass is 10.2. The number of aromatic nitrogens is 1. The third-order valence-electron chi connectivity index (χ3n) is 2.63. The van der Waals surface area contributed by atoms with Gasteiger partial charge in [0.05, 0.1) is 5.52 Å². The molecule has 0 radical (unpaired) electrons. The molecule has 2 aromatic rings. The van der Waals surface area contributed by atoms with E-state index in [0.717, 1.165) is 5.39 Å². The maximum Gasteiger partial charge on any atom is 0.354 e. The Balaban J connectivity index is 2.11. The highest BCUT2D eigenvalue weighted by atomic mass is 16.5. The normalized spacial score (nSPS) is 11.1. The highest BCUT2D eigenvalue weighted by molar-refractivity contribution is 5.96. The zero-order valence-electron chi connectivity index (χ0n) is 10.4. The van der Waals surface area contributed by atoms with E-state index in [9.17, 15) is 9.90 Å². The monoisotopic (exact) mass is 248 g/mol. The molecule has 0 unspecified atom stereocenters. The molecule has 5 nitrogen and oxygen atoms in total. The smallest absolute Gasteiger partial charge is 0.354 e. The number of hydrogen-bond acceptors (Lipinski definition) is 4. The fraction of sp³-hybridized carbons (Fsp3) is 0.308. The summed E-state index contributed by atoms with van der Waals surface area (Å²) in [6, 6.07) is 6.79. The van der Waals surface area contributed by atoms with Gasteiger partial charge in [-0.15, -0.1) is 0 Å². The first-order valence-corrected chi connectivity index (χ1v) is 5.70. The minimum atomic E-state index is -0.410. The van der Waals surface area contributed by atoms with Gasteiger partial charge in [0, 0.05) is 11.9 Å². The first kappa shape index (κ1) is 12.4. The van der Waals surface area contributed by atoms with Crippen molar-refractivity contribution in [3.05, 3.63) is 30.0 Å². The summed E-state index contributed by atoms with van der Waals surface area (Å²) in [6.45, 7) is 1.02. The van der Waals surface area contributed by atoms with Gasteiger partial charge in [-0.2, -0.15) is 0 Å². The summed E-state index contributed by atoms with van der Waals surface area (Å²) in [5.41, 5.74) is 0.905. The van der Waals surface area contributed by atoms with E-state index in [2.05, 4.69) is 4.98 Å². The van der Waals surface area contributed by atoms with Crippen LogP contribution in [0.25, 0.3) is 10.9 Å². The lowest BCUT2D eigenvalue weighted by molar-refractivity contribution is 0.0476. The second-order valence-corrected chi connectivity index (χ2v) is 4.36. The molecular weight excluding hydrogens is 232 g/mol. The predicted molar refractivity (Wildman–Crippen MR) is 68.8 cm³/mol. The summed E-state index contributed by atoms with van der Waals surface area (Å²) < 4.78 is 5.11. The zero-order valence-corrected chi connectivity index (χ0v) is 10.4. The molecule has 18 heavy (non-hydrogen) atoms. The van der Waals surface area contributed by atoms with Gasteiger partial charge in [-0.25, -0.2) is 4.79 Å². The molecule has 0 atom stereocenters. The number of carbonyl (C=O) groups is 1. The zero-order chi connectivity index (χ0) is 13.1. The minimum absolute atomic E-state index is 0.125. The maximum atomic E-state index is 11.8. The van der Waals surface area contributed by atoms with Crippen molar-refractivity contribution in [3.8, 4) is 5.75 Å². The van der Waals surface area contributed by atoms with Crippen LogP contribution in [-0.4, -0.2) is 48.2 Å². The topological polar surface area (TPSA) is 65.6 Å². The van der Waals surface area contributed by atoms with E-state index < -0.39 is 5.97 Å². The number of phenols is 1. The molecule has 1 heterocycles. The van der Waals surface area contributed by atoms with Gasteiger partial charge < -0.3 is 19.7 Å². The van der Waals surface area contributed by atoms with Crippen LogP contribution in [0.1, 0.15) is 10.5 Å². The number of hydrogen-bond donors (Lipinski definition) is 2. The summed E-state index contributed by atoms with van der Waals surface area (Å²) in [7, 11) is 3.82. The van der Waals surface area contributed by atoms with Gasteiger partial charge >= 0.3 is 5.97 Å². The first-order valence-electron chi connectivity index (χ1n) is 5.70. The van der Waals surface area contributed by atoms with Crippen LogP contribution in [-0.2, 0) is 4.74 Å². The van der Waals surface area contributed by atoms with Gasteiger partial charge in [-0.1, -0.05) is 12.1 Å². The second kappa shape index (κ2) is 5.10. The Bertz CT molecular complexity index is 560. The van der Waals surface area contributed by atoms with Gasteiger partial charge in [0.25, 0.3) is 0 Å². The Morgan fingerprint density at radius 2 is 2.22 bits per heavy atom. The molecule has 1 aromatic carbocycles. The van der Waals surface area contributed by atoms with Crippen LogP contribution >= 0.6 is 0 Å². The number of aromatic hydroxyl groups is 1. The lowest BCUT2D eigenvalue weighted by Crippen LogP contribution is -2.20. The molecule has 0 saturated carbocycles. The number of esters is 1. The summed E-state index contributed by atoms with van der Waals surface area (Å²) in [6.07, 6.45) is 0. The number of nitrogens with one attached hydrogen (secondary N) is 1. The van der Waals surface area contributed by atoms with E-state index in [1.807, 2.05) is 25.1 Å². The van der Waals surface area contributed by atoms with Crippen molar-refractivity contribution in [2.75, 3.05) is 27.2 Å². The Kier molecular flexibility index (Phi) is 3.53. The standard InChI is InChI=1S/C13H16N2O3/c1-15(2)6-7-18-13(17)10-8-9-4-3-5-11(16)12(9)14-10/h3-5,8,14,16H,6-7H2,1-2H3. The Labute approximate surface area is 105 Å². The van der Waals surface area contributed by atoms with Crippen LogP contribution in [0.5, 0.6) is 5.75 Å². The molecule has 2 N–H and O–H groups in total. The van der Waals surface area contributed by atoms with Crippen LogP contribution in [0.3, 0.4) is 0 Å². The second-order valence-electron chi connectivity index (χ2n) is 4.36. The van der Waals surface area contributed by atoms with Gasteiger partial charge in [0.15, 0.2) is 0 Å². The average molecular weight is 248 g/mol. The molecule has 0 saturated heterocycles. The summed E-state index contributed by atoms with van der Waals surface area (Å²) in [5.74, 6) is -0.285. The average Bonchev–Trinajstić information content (AvgIpc) is 2.74. The summed E-state index contributed by atoms with van der Waals surface area (Å²) >= 11 is 0. The Morgan fingerprint density at radius 3 is 2.89 bits per heavy atom. The molecule has 2 rings (SSSR count). The van der Waals surface area contributed by atoms with E-state index in [0.29, 0.717) is 24.4 Å². The molecular formula is C13H16N2O3. The van der Waals surface area contributed by atoms with E-state index in [4.69, 9.17) is 4.74 Å². The van der Waals surface area contributed by atoms with Crippen molar-refractivity contribution >= 4 is 16.9 Å². The van der Waals surface area contributed by atoms with Gasteiger partial charge in [0.1, 0.15) is 18.1 Å². The number of rotatable bonds is 4. The number of H-pyrrole nitrogens is 1. The van der Waals surface area contributed by atoms with Crippen LogP contribution in [0.2, 0.25) is 0 Å². The van der Waals surface area contributed by atoms with Gasteiger partial charge in [-0.3, -0.25) is 0 Å². The van der Waals surface area contributed by atoms with Crippen molar-refractivity contribution in [3.63, 3.8) is 0 Å². The van der Waals surface area contributed by atoms with Gasteiger partial charge in [-0.05, 0) is 26.2 Å². The van der Waals surface area contributed by atoms with Crippen molar-refractivity contribution in [1.29, 1.82) is 0 Å². The molecule has 0 aliphatic carbocycles. The SMILES string of the molecule is CN(C)CCOC(=O)c1cc2cccc(O)c2[nH]1. The summed E-state index contributed by atoms with van der Waals surface area (Å²) in [4.78, 5) is 16.6. The molecule has 5 heteroatoms. The third-order valence-corrected chi connectivity index (χ3v) is 2.63. The summed E-state index contributed by atoms with van der Waals surface area (Å²) in [5, 5.41) is 10.4. The number of nitrogens with zero attached hydrogens (tertiary/aromatic N) is 1. The Morgan fingerprint density at radius 1 is 1.44 bits per heavy atom. The number of phenolic OH excluding ortho intramolecular Hbond substituents is 1. The molecule has 0 aliphatic rings. The molecule has 1 aromatic heterocycles. The third kappa shape index (κ3) is 2.62. The highest BCUT2D eigenvalue weighted by Crippen LogP contribution is 2.24. The fourth-order valence-electron chi connectivity index (χ4n) is 1.65. The molecule has 0 spiro atoms. The van der Waals surface area contributed by atoms with Crippen molar-refractivity contribution < 1.29 is 14.6 Å². The van der Waals surface area contributed by atoms with E-state index >= 15 is 0 Å².